The number of rotatable bonds is 5. The van der Waals surface area contributed by atoms with Gasteiger partial charge in [0.05, 0.1) is 12.1 Å². The van der Waals surface area contributed by atoms with Crippen molar-refractivity contribution in [3.05, 3.63) is 47.7 Å². The van der Waals surface area contributed by atoms with Gasteiger partial charge < -0.3 is 26.0 Å². The predicted molar refractivity (Wildman–Crippen MR) is 96.4 cm³/mol. The molecule has 0 unspecified atom stereocenters. The summed E-state index contributed by atoms with van der Waals surface area (Å²) in [4.78, 5) is 44.5. The van der Waals surface area contributed by atoms with Gasteiger partial charge >= 0.3 is 0 Å². The van der Waals surface area contributed by atoms with Crippen molar-refractivity contribution in [1.29, 1.82) is 0 Å². The minimum Gasteiger partial charge on any atom is -0.394 e. The number of aromatic nitrogens is 4. The summed E-state index contributed by atoms with van der Waals surface area (Å²) in [5.74, 6) is -1.55. The molecule has 11 nitrogen and oxygen atoms in total. The van der Waals surface area contributed by atoms with Crippen LogP contribution >= 0.6 is 0 Å². The van der Waals surface area contributed by atoms with Gasteiger partial charge in [-0.1, -0.05) is 0 Å². The van der Waals surface area contributed by atoms with E-state index in [-0.39, 0.29) is 31.1 Å². The van der Waals surface area contributed by atoms with Gasteiger partial charge in [-0.3, -0.25) is 24.5 Å². The first-order valence-electron chi connectivity index (χ1n) is 8.41. The summed E-state index contributed by atoms with van der Waals surface area (Å²) < 4.78 is 0. The van der Waals surface area contributed by atoms with Gasteiger partial charge in [0.25, 0.3) is 17.7 Å². The lowest BCUT2D eigenvalue weighted by atomic mass is 9.90. The number of H-pyrrole nitrogens is 2. The molecule has 144 valence electrons. The van der Waals surface area contributed by atoms with E-state index in [0.717, 1.165) is 10.9 Å². The number of nitrogens with one attached hydrogen (secondary N) is 3. The van der Waals surface area contributed by atoms with Crippen molar-refractivity contribution >= 4 is 28.6 Å². The Morgan fingerprint density at radius 1 is 1.29 bits per heavy atom. The Balaban J connectivity index is 1.43. The fourth-order valence-electron chi connectivity index (χ4n) is 3.18. The number of hydrogen-bond donors (Lipinski definition) is 5. The van der Waals surface area contributed by atoms with E-state index in [9.17, 15) is 19.5 Å². The maximum Gasteiger partial charge on any atom is 0.272 e. The molecular weight excluding hydrogens is 366 g/mol. The second-order valence-corrected chi connectivity index (χ2v) is 6.73. The molecule has 0 atom stereocenters. The fraction of sp³-hybridized carbons (Fsp3) is 0.235. The van der Waals surface area contributed by atoms with Gasteiger partial charge in [0.2, 0.25) is 0 Å². The van der Waals surface area contributed by atoms with Gasteiger partial charge in [0.15, 0.2) is 5.69 Å². The van der Waals surface area contributed by atoms with Crippen LogP contribution in [0.1, 0.15) is 31.5 Å². The SMILES string of the molecule is NC(=O)c1cc(C(=O)N2CC(CO)(NC(=O)c3cc4cnccc4[nH]3)C2)[nH]n1. The van der Waals surface area contributed by atoms with Crippen molar-refractivity contribution in [3.63, 3.8) is 0 Å². The number of aromatic amines is 2. The number of primary amides is 1. The predicted octanol–water partition coefficient (Wildman–Crippen LogP) is -0.998. The molecule has 0 aliphatic carbocycles. The minimum atomic E-state index is -0.950. The van der Waals surface area contributed by atoms with Gasteiger partial charge in [0, 0.05) is 42.5 Å². The standard InChI is InChI=1S/C17H17N7O4/c18-14(26)11-4-13(23-22-11)16(28)24-6-17(7-24,8-25)21-15(27)12-3-9-5-19-2-1-10(9)20-12/h1-5,20,25H,6-8H2,(H2,18,26)(H,21,27)(H,22,23). The summed E-state index contributed by atoms with van der Waals surface area (Å²) in [5, 5.41) is 19.5. The molecule has 0 radical (unpaired) electrons. The molecule has 4 heterocycles. The first-order valence-corrected chi connectivity index (χ1v) is 8.41. The van der Waals surface area contributed by atoms with Crippen molar-refractivity contribution in [2.75, 3.05) is 19.7 Å². The molecule has 3 amide bonds. The lowest BCUT2D eigenvalue weighted by molar-refractivity contribution is 0.00471. The molecule has 1 aliphatic rings. The van der Waals surface area contributed by atoms with Gasteiger partial charge in [0.1, 0.15) is 11.4 Å². The third-order valence-electron chi connectivity index (χ3n) is 4.68. The summed E-state index contributed by atoms with van der Waals surface area (Å²) >= 11 is 0. The summed E-state index contributed by atoms with van der Waals surface area (Å²) in [7, 11) is 0. The highest BCUT2D eigenvalue weighted by Crippen LogP contribution is 2.24. The maximum absolute atomic E-state index is 12.6. The van der Waals surface area contributed by atoms with Crippen LogP contribution in [0.4, 0.5) is 0 Å². The van der Waals surface area contributed by atoms with E-state index in [1.54, 1.807) is 24.5 Å². The zero-order chi connectivity index (χ0) is 19.9. The van der Waals surface area contributed by atoms with E-state index in [2.05, 4.69) is 25.5 Å². The molecule has 4 rings (SSSR count). The Morgan fingerprint density at radius 3 is 2.71 bits per heavy atom. The average Bonchev–Trinajstić information content (AvgIpc) is 3.30. The smallest absolute Gasteiger partial charge is 0.272 e. The lowest BCUT2D eigenvalue weighted by Gasteiger charge is -2.49. The van der Waals surface area contributed by atoms with Crippen molar-refractivity contribution < 1.29 is 19.5 Å². The first-order chi connectivity index (χ1) is 13.4. The van der Waals surface area contributed by atoms with Crippen LogP contribution in [0, 0.1) is 0 Å². The van der Waals surface area contributed by atoms with Crippen molar-refractivity contribution in [3.8, 4) is 0 Å². The molecule has 0 bridgehead atoms. The summed E-state index contributed by atoms with van der Waals surface area (Å²) in [6.45, 7) is -0.110. The number of likely N-dealkylation sites (tertiary alicyclic amines) is 1. The fourth-order valence-corrected chi connectivity index (χ4v) is 3.18. The summed E-state index contributed by atoms with van der Waals surface area (Å²) in [6, 6.07) is 4.68. The number of hydrogen-bond acceptors (Lipinski definition) is 6. The second kappa shape index (κ2) is 6.46. The number of pyridine rings is 1. The van der Waals surface area contributed by atoms with E-state index in [0.29, 0.717) is 5.69 Å². The molecule has 1 aliphatic heterocycles. The summed E-state index contributed by atoms with van der Waals surface area (Å²) in [5.41, 5.74) is 5.34. The number of aliphatic hydroxyl groups is 1. The van der Waals surface area contributed by atoms with Crippen LogP contribution in [0.3, 0.4) is 0 Å². The van der Waals surface area contributed by atoms with Crippen LogP contribution in [-0.4, -0.2) is 73.1 Å². The molecule has 1 saturated heterocycles. The van der Waals surface area contributed by atoms with Crippen LogP contribution in [-0.2, 0) is 0 Å². The largest absolute Gasteiger partial charge is 0.394 e. The second-order valence-electron chi connectivity index (χ2n) is 6.73. The Hall–Kier alpha value is -3.73. The maximum atomic E-state index is 12.6. The zero-order valence-electron chi connectivity index (χ0n) is 14.6. The molecule has 28 heavy (non-hydrogen) atoms. The molecule has 0 aromatic carbocycles. The van der Waals surface area contributed by atoms with E-state index >= 15 is 0 Å². The molecule has 3 aromatic heterocycles. The van der Waals surface area contributed by atoms with Gasteiger partial charge in [-0.15, -0.1) is 0 Å². The van der Waals surface area contributed by atoms with Gasteiger partial charge in [-0.2, -0.15) is 5.10 Å². The van der Waals surface area contributed by atoms with Crippen molar-refractivity contribution in [2.45, 2.75) is 5.54 Å². The molecule has 11 heteroatoms. The quantitative estimate of drug-likeness (QED) is 0.378. The third-order valence-corrected chi connectivity index (χ3v) is 4.68. The Labute approximate surface area is 157 Å². The van der Waals surface area contributed by atoms with E-state index in [1.807, 2.05) is 0 Å². The number of nitrogens with zero attached hydrogens (tertiary/aromatic N) is 3. The Kier molecular flexibility index (Phi) is 4.08. The number of amides is 3. The van der Waals surface area contributed by atoms with Crippen LogP contribution in [0.5, 0.6) is 0 Å². The lowest BCUT2D eigenvalue weighted by Crippen LogP contribution is -2.73. The highest BCUT2D eigenvalue weighted by atomic mass is 16.3. The molecule has 6 N–H and O–H groups in total. The summed E-state index contributed by atoms with van der Waals surface area (Å²) in [6.07, 6.45) is 3.25. The topological polar surface area (TPSA) is 170 Å². The highest BCUT2D eigenvalue weighted by Gasteiger charge is 2.46. The Morgan fingerprint density at radius 2 is 2.07 bits per heavy atom. The number of carbonyl (C=O) groups is 3. The monoisotopic (exact) mass is 383 g/mol. The van der Waals surface area contributed by atoms with Crippen molar-refractivity contribution in [2.24, 2.45) is 5.73 Å². The van der Waals surface area contributed by atoms with Crippen LogP contribution in [0.15, 0.2) is 30.6 Å². The molecule has 1 fully saturated rings. The molecule has 3 aromatic rings. The molecule has 0 spiro atoms. The van der Waals surface area contributed by atoms with Gasteiger partial charge in [-0.25, -0.2) is 0 Å². The molecule has 0 saturated carbocycles. The van der Waals surface area contributed by atoms with E-state index in [1.165, 1.54) is 11.0 Å². The first kappa shape index (κ1) is 17.7. The molecular formula is C17H17N7O4. The van der Waals surface area contributed by atoms with Crippen LogP contribution in [0.25, 0.3) is 10.9 Å². The van der Waals surface area contributed by atoms with Crippen LogP contribution in [0.2, 0.25) is 0 Å². The van der Waals surface area contributed by atoms with Crippen molar-refractivity contribution in [1.82, 2.24) is 30.4 Å². The van der Waals surface area contributed by atoms with Crippen LogP contribution < -0.4 is 11.1 Å². The average molecular weight is 383 g/mol. The van der Waals surface area contributed by atoms with Gasteiger partial charge in [-0.05, 0) is 12.1 Å². The van der Waals surface area contributed by atoms with E-state index < -0.39 is 23.3 Å². The number of aliphatic hydroxyl groups excluding tert-OH is 1. The minimum absolute atomic E-state index is 0.0427. The Bertz CT molecular complexity index is 1050. The third kappa shape index (κ3) is 2.97. The highest BCUT2D eigenvalue weighted by molar-refractivity contribution is 5.99. The number of fused-ring (bicyclic) bond motifs is 1. The zero-order valence-corrected chi connectivity index (χ0v) is 14.6. The van der Waals surface area contributed by atoms with E-state index in [4.69, 9.17) is 5.73 Å². The normalized spacial score (nSPS) is 15.2. The number of carbonyl (C=O) groups excluding carboxylic acids is 3. The number of nitrogens with two attached hydrogens (primary N) is 1.